The molecule has 0 aromatic carbocycles. The van der Waals surface area contributed by atoms with E-state index in [1.54, 1.807) is 0 Å². The van der Waals surface area contributed by atoms with E-state index in [9.17, 15) is 0 Å². The van der Waals surface area contributed by atoms with Crippen LogP contribution in [0.2, 0.25) is 0 Å². The van der Waals surface area contributed by atoms with Crippen molar-refractivity contribution in [3.05, 3.63) is 18.0 Å². The third-order valence-corrected chi connectivity index (χ3v) is 2.47. The van der Waals surface area contributed by atoms with Gasteiger partial charge >= 0.3 is 0 Å². The lowest BCUT2D eigenvalue weighted by atomic mass is 10.3. The Labute approximate surface area is 78.3 Å². The number of hydrogen-bond donors (Lipinski definition) is 1. The molecule has 4 nitrogen and oxygen atoms in total. The van der Waals surface area contributed by atoms with Crippen LogP contribution >= 0.6 is 0 Å². The van der Waals surface area contributed by atoms with Crippen molar-refractivity contribution < 1.29 is 0 Å². The van der Waals surface area contributed by atoms with Crippen LogP contribution in [-0.2, 0) is 13.6 Å². The molecule has 1 aliphatic heterocycles. The molecule has 1 atom stereocenters. The lowest BCUT2D eigenvalue weighted by Gasteiger charge is -2.12. The van der Waals surface area contributed by atoms with E-state index in [0.717, 1.165) is 26.1 Å². The molecule has 1 aromatic heterocycles. The van der Waals surface area contributed by atoms with Gasteiger partial charge in [0.05, 0.1) is 6.20 Å². The maximum atomic E-state index is 5.82. The molecule has 1 saturated heterocycles. The Morgan fingerprint density at radius 1 is 1.69 bits per heavy atom. The third kappa shape index (κ3) is 2.08. The summed E-state index contributed by atoms with van der Waals surface area (Å²) >= 11 is 0. The number of rotatable bonds is 2. The zero-order valence-electron chi connectivity index (χ0n) is 7.98. The molecule has 2 rings (SSSR count). The van der Waals surface area contributed by atoms with Crippen molar-refractivity contribution in [1.29, 1.82) is 0 Å². The van der Waals surface area contributed by atoms with Crippen LogP contribution in [0.4, 0.5) is 0 Å². The van der Waals surface area contributed by atoms with Crippen LogP contribution in [0.3, 0.4) is 0 Å². The second kappa shape index (κ2) is 3.47. The molecule has 0 aliphatic carbocycles. The molecule has 2 N–H and O–H groups in total. The summed E-state index contributed by atoms with van der Waals surface area (Å²) in [4.78, 5) is 2.38. The molecule has 1 aromatic rings. The van der Waals surface area contributed by atoms with Crippen molar-refractivity contribution in [2.45, 2.75) is 19.0 Å². The predicted molar refractivity (Wildman–Crippen MR) is 51.1 cm³/mol. The van der Waals surface area contributed by atoms with Crippen LogP contribution in [0.15, 0.2) is 12.4 Å². The third-order valence-electron chi connectivity index (χ3n) is 2.47. The van der Waals surface area contributed by atoms with E-state index < -0.39 is 0 Å². The average Bonchev–Trinajstić information content (AvgIpc) is 2.62. The minimum atomic E-state index is 0.372. The summed E-state index contributed by atoms with van der Waals surface area (Å²) in [7, 11) is 1.94. The van der Waals surface area contributed by atoms with Crippen LogP contribution < -0.4 is 5.73 Å². The molecule has 0 unspecified atom stereocenters. The number of nitrogens with zero attached hydrogens (tertiary/aromatic N) is 3. The first-order valence-corrected chi connectivity index (χ1v) is 4.69. The van der Waals surface area contributed by atoms with E-state index in [1.165, 1.54) is 5.56 Å². The van der Waals surface area contributed by atoms with Gasteiger partial charge in [0.15, 0.2) is 0 Å². The minimum Gasteiger partial charge on any atom is -0.326 e. The van der Waals surface area contributed by atoms with Crippen molar-refractivity contribution in [3.63, 3.8) is 0 Å². The number of nitrogens with two attached hydrogens (primary N) is 1. The largest absolute Gasteiger partial charge is 0.326 e. The monoisotopic (exact) mass is 180 g/mol. The quantitative estimate of drug-likeness (QED) is 0.694. The predicted octanol–water partition coefficient (Wildman–Crippen LogP) is -0.0469. The first-order valence-electron chi connectivity index (χ1n) is 4.69. The number of likely N-dealkylation sites (tertiary alicyclic amines) is 1. The Morgan fingerprint density at radius 3 is 3.08 bits per heavy atom. The van der Waals surface area contributed by atoms with Crippen molar-refractivity contribution in [1.82, 2.24) is 14.7 Å². The van der Waals surface area contributed by atoms with Crippen LogP contribution in [0.25, 0.3) is 0 Å². The second-order valence-corrected chi connectivity index (χ2v) is 3.81. The molecule has 0 saturated carbocycles. The lowest BCUT2D eigenvalue weighted by Crippen LogP contribution is -2.26. The van der Waals surface area contributed by atoms with E-state index in [4.69, 9.17) is 5.73 Å². The van der Waals surface area contributed by atoms with Gasteiger partial charge in [-0.1, -0.05) is 0 Å². The molecule has 0 spiro atoms. The highest BCUT2D eigenvalue weighted by molar-refractivity contribution is 5.03. The fourth-order valence-electron chi connectivity index (χ4n) is 1.82. The lowest BCUT2D eigenvalue weighted by molar-refractivity contribution is 0.327. The van der Waals surface area contributed by atoms with Gasteiger partial charge in [-0.3, -0.25) is 9.58 Å². The standard InChI is InChI=1S/C9H16N4/c1-12-5-8(4-11-12)6-13-3-2-9(10)7-13/h4-5,9H,2-3,6-7,10H2,1H3/t9-/m0/s1. The van der Waals surface area contributed by atoms with E-state index in [2.05, 4.69) is 16.2 Å². The molecule has 0 radical (unpaired) electrons. The van der Waals surface area contributed by atoms with Crippen molar-refractivity contribution in [2.75, 3.05) is 13.1 Å². The van der Waals surface area contributed by atoms with Gasteiger partial charge in [0.25, 0.3) is 0 Å². The molecule has 4 heteroatoms. The molecular weight excluding hydrogens is 164 g/mol. The van der Waals surface area contributed by atoms with Gasteiger partial charge in [0.2, 0.25) is 0 Å². The zero-order valence-corrected chi connectivity index (χ0v) is 7.98. The maximum Gasteiger partial charge on any atom is 0.0534 e. The number of aryl methyl sites for hydroxylation is 1. The average molecular weight is 180 g/mol. The molecule has 0 bridgehead atoms. The normalized spacial score (nSPS) is 24.0. The van der Waals surface area contributed by atoms with Gasteiger partial charge in [0, 0.05) is 44.5 Å². The Balaban J connectivity index is 1.91. The second-order valence-electron chi connectivity index (χ2n) is 3.81. The highest BCUT2D eigenvalue weighted by Crippen LogP contribution is 2.11. The first kappa shape index (κ1) is 8.72. The van der Waals surface area contributed by atoms with Gasteiger partial charge < -0.3 is 5.73 Å². The fourth-order valence-corrected chi connectivity index (χ4v) is 1.82. The Morgan fingerprint density at radius 2 is 2.54 bits per heavy atom. The summed E-state index contributed by atoms with van der Waals surface area (Å²) in [5.74, 6) is 0. The van der Waals surface area contributed by atoms with Crippen molar-refractivity contribution in [2.24, 2.45) is 12.8 Å². The van der Waals surface area contributed by atoms with E-state index >= 15 is 0 Å². The van der Waals surface area contributed by atoms with Crippen LogP contribution in [0.5, 0.6) is 0 Å². The molecule has 2 heterocycles. The molecule has 1 aliphatic rings. The van der Waals surface area contributed by atoms with E-state index in [0.29, 0.717) is 6.04 Å². The van der Waals surface area contributed by atoms with Gasteiger partial charge in [0.1, 0.15) is 0 Å². The Hall–Kier alpha value is -0.870. The van der Waals surface area contributed by atoms with Gasteiger partial charge in [-0.15, -0.1) is 0 Å². The van der Waals surface area contributed by atoms with Crippen molar-refractivity contribution in [3.8, 4) is 0 Å². The highest BCUT2D eigenvalue weighted by Gasteiger charge is 2.18. The zero-order chi connectivity index (χ0) is 9.26. The number of hydrogen-bond acceptors (Lipinski definition) is 3. The molecule has 1 fully saturated rings. The Bertz CT molecular complexity index is 281. The molecule has 72 valence electrons. The van der Waals surface area contributed by atoms with Crippen LogP contribution in [0.1, 0.15) is 12.0 Å². The fraction of sp³-hybridized carbons (Fsp3) is 0.667. The first-order chi connectivity index (χ1) is 6.24. The molecular formula is C9H16N4. The van der Waals surface area contributed by atoms with E-state index in [-0.39, 0.29) is 0 Å². The summed E-state index contributed by atoms with van der Waals surface area (Å²) < 4.78 is 1.84. The van der Waals surface area contributed by atoms with Gasteiger partial charge in [-0.05, 0) is 6.42 Å². The topological polar surface area (TPSA) is 47.1 Å². The smallest absolute Gasteiger partial charge is 0.0534 e. The van der Waals surface area contributed by atoms with Crippen molar-refractivity contribution >= 4 is 0 Å². The van der Waals surface area contributed by atoms with Gasteiger partial charge in [-0.2, -0.15) is 5.10 Å². The van der Waals surface area contributed by atoms with Crippen LogP contribution in [0, 0.1) is 0 Å². The van der Waals surface area contributed by atoms with Gasteiger partial charge in [-0.25, -0.2) is 0 Å². The maximum absolute atomic E-state index is 5.82. The number of aromatic nitrogens is 2. The molecule has 13 heavy (non-hydrogen) atoms. The summed E-state index contributed by atoms with van der Waals surface area (Å²) in [6.45, 7) is 3.13. The summed E-state index contributed by atoms with van der Waals surface area (Å²) in [6, 6.07) is 0.372. The SMILES string of the molecule is Cn1cc(CN2CC[C@H](N)C2)cn1. The summed E-state index contributed by atoms with van der Waals surface area (Å²) in [5, 5.41) is 4.14. The van der Waals surface area contributed by atoms with Crippen LogP contribution in [-0.4, -0.2) is 33.8 Å². The molecule has 0 amide bonds. The minimum absolute atomic E-state index is 0.372. The highest BCUT2D eigenvalue weighted by atomic mass is 15.2. The van der Waals surface area contributed by atoms with E-state index in [1.807, 2.05) is 17.9 Å². The Kier molecular flexibility index (Phi) is 2.33. The summed E-state index contributed by atoms with van der Waals surface area (Å²) in [5.41, 5.74) is 7.10. The summed E-state index contributed by atoms with van der Waals surface area (Å²) in [6.07, 6.45) is 5.11.